The Morgan fingerprint density at radius 2 is 2.00 bits per heavy atom. The van der Waals surface area contributed by atoms with Gasteiger partial charge in [-0.3, -0.25) is 4.79 Å². The average molecular weight is 490 g/mol. The molecule has 1 aliphatic heterocycles. The van der Waals surface area contributed by atoms with Crippen molar-refractivity contribution < 1.29 is 46.8 Å². The summed E-state index contributed by atoms with van der Waals surface area (Å²) in [5.74, 6) is -3.41. The van der Waals surface area contributed by atoms with E-state index in [-0.39, 0.29) is 18.5 Å². The number of aromatic nitrogens is 1. The molecule has 0 spiro atoms. The lowest BCUT2D eigenvalue weighted by Gasteiger charge is -2.33. The van der Waals surface area contributed by atoms with Crippen molar-refractivity contribution in [3.8, 4) is 11.5 Å². The van der Waals surface area contributed by atoms with Gasteiger partial charge >= 0.3 is 12.1 Å². The highest BCUT2D eigenvalue weighted by Gasteiger charge is 2.42. The molecule has 0 aromatic carbocycles. The zero-order valence-electron chi connectivity index (χ0n) is 19.0. The van der Waals surface area contributed by atoms with Gasteiger partial charge < -0.3 is 29.4 Å². The van der Waals surface area contributed by atoms with Crippen LogP contribution in [0, 0.1) is 5.92 Å². The van der Waals surface area contributed by atoms with Crippen LogP contribution >= 0.6 is 0 Å². The molecular formula is C22H29F3N2O7. The average Bonchev–Trinajstić information content (AvgIpc) is 3.28. The van der Waals surface area contributed by atoms with E-state index in [1.807, 2.05) is 0 Å². The summed E-state index contributed by atoms with van der Waals surface area (Å²) in [4.78, 5) is 29.2. The van der Waals surface area contributed by atoms with Gasteiger partial charge in [0.1, 0.15) is 6.10 Å². The molecule has 1 saturated carbocycles. The molecule has 1 aliphatic carbocycles. The first-order valence-corrected chi connectivity index (χ1v) is 11.1. The minimum Gasteiger partial charge on any atom is -0.503 e. The quantitative estimate of drug-likeness (QED) is 0.585. The highest BCUT2D eigenvalue weighted by molar-refractivity contribution is 5.98. The van der Waals surface area contributed by atoms with Crippen LogP contribution in [-0.2, 0) is 19.0 Å². The third-order valence-corrected chi connectivity index (χ3v) is 5.90. The van der Waals surface area contributed by atoms with Crippen molar-refractivity contribution in [1.82, 2.24) is 10.3 Å². The molecule has 3 rings (SSSR count). The number of nitrogens with zero attached hydrogens (tertiary/aromatic N) is 1. The first-order valence-electron chi connectivity index (χ1n) is 11.1. The predicted octanol–water partition coefficient (Wildman–Crippen LogP) is 2.75. The van der Waals surface area contributed by atoms with E-state index < -0.39 is 66.7 Å². The number of amides is 1. The predicted molar refractivity (Wildman–Crippen MR) is 111 cm³/mol. The van der Waals surface area contributed by atoms with E-state index in [1.54, 1.807) is 0 Å². The van der Waals surface area contributed by atoms with Crippen LogP contribution in [0.25, 0.3) is 0 Å². The normalized spacial score (nSPS) is 26.8. The van der Waals surface area contributed by atoms with Crippen molar-refractivity contribution in [2.45, 2.75) is 69.6 Å². The molecule has 1 amide bonds. The molecule has 2 heterocycles. The van der Waals surface area contributed by atoms with Gasteiger partial charge in [0, 0.05) is 18.2 Å². The number of aromatic hydroxyl groups is 1. The summed E-state index contributed by atoms with van der Waals surface area (Å²) in [5.41, 5.74) is -0.391. The fourth-order valence-electron chi connectivity index (χ4n) is 4.25. The number of ether oxygens (including phenoxy) is 4. The summed E-state index contributed by atoms with van der Waals surface area (Å²) in [7, 11) is 1.29. The molecule has 34 heavy (non-hydrogen) atoms. The Balaban J connectivity index is 1.76. The lowest BCUT2D eigenvalue weighted by atomic mass is 9.94. The van der Waals surface area contributed by atoms with Crippen molar-refractivity contribution in [2.75, 3.05) is 20.3 Å². The molecule has 1 aromatic rings. The number of carbonyl (C=O) groups excluding carboxylic acids is 2. The van der Waals surface area contributed by atoms with Gasteiger partial charge in [0.05, 0.1) is 39.0 Å². The smallest absolute Gasteiger partial charge is 0.389 e. The number of esters is 1. The van der Waals surface area contributed by atoms with Crippen molar-refractivity contribution in [2.24, 2.45) is 5.92 Å². The van der Waals surface area contributed by atoms with Gasteiger partial charge in [-0.25, -0.2) is 9.78 Å². The third kappa shape index (κ3) is 6.72. The summed E-state index contributed by atoms with van der Waals surface area (Å²) in [6, 6.07) is 0.00953. The molecule has 12 heteroatoms. The molecule has 2 aliphatic rings. The molecule has 1 saturated heterocycles. The Labute approximate surface area is 194 Å². The summed E-state index contributed by atoms with van der Waals surface area (Å²) in [6.45, 7) is 0.708. The number of alkyl halides is 3. The topological polar surface area (TPSA) is 116 Å². The zero-order chi connectivity index (χ0) is 24.9. The van der Waals surface area contributed by atoms with Crippen LogP contribution in [0.4, 0.5) is 13.2 Å². The molecule has 0 radical (unpaired) electrons. The standard InChI is InChI=1S/C22H29F3N2O7/c1-12-19(34-14-5-3-4-6-14)13(9-22(23,24)25)10-32-11-15(21(30)33-12)27-20(29)17-18(28)16(31-2)7-8-26-17/h7-8,12-15,19,28H,3-6,9-11H2,1-2H3,(H,27,29). The van der Waals surface area contributed by atoms with Gasteiger partial charge in [-0.1, -0.05) is 12.8 Å². The summed E-state index contributed by atoms with van der Waals surface area (Å²) in [6.07, 6.45) is -3.33. The number of carbonyl (C=O) groups is 2. The molecule has 4 atom stereocenters. The van der Waals surface area contributed by atoms with Crippen molar-refractivity contribution in [3.63, 3.8) is 0 Å². The largest absolute Gasteiger partial charge is 0.503 e. The fraction of sp³-hybridized carbons (Fsp3) is 0.682. The van der Waals surface area contributed by atoms with Gasteiger partial charge in [0.2, 0.25) is 0 Å². The van der Waals surface area contributed by atoms with Gasteiger partial charge in [-0.2, -0.15) is 13.2 Å². The Morgan fingerprint density at radius 1 is 1.29 bits per heavy atom. The maximum Gasteiger partial charge on any atom is 0.389 e. The third-order valence-electron chi connectivity index (χ3n) is 5.90. The number of methoxy groups -OCH3 is 1. The van der Waals surface area contributed by atoms with Crippen LogP contribution < -0.4 is 10.1 Å². The van der Waals surface area contributed by atoms with Gasteiger partial charge in [0.15, 0.2) is 23.2 Å². The molecule has 4 unspecified atom stereocenters. The zero-order valence-corrected chi connectivity index (χ0v) is 19.0. The Kier molecular flexibility index (Phi) is 8.58. The van der Waals surface area contributed by atoms with E-state index in [0.29, 0.717) is 0 Å². The lowest BCUT2D eigenvalue weighted by Crippen LogP contribution is -2.47. The van der Waals surface area contributed by atoms with E-state index in [2.05, 4.69) is 10.3 Å². The molecule has 2 fully saturated rings. The van der Waals surface area contributed by atoms with Crippen molar-refractivity contribution in [1.29, 1.82) is 0 Å². The van der Waals surface area contributed by atoms with E-state index in [9.17, 15) is 27.9 Å². The number of halogens is 3. The molecular weight excluding hydrogens is 461 g/mol. The molecule has 1 aromatic heterocycles. The van der Waals surface area contributed by atoms with E-state index in [0.717, 1.165) is 25.7 Å². The van der Waals surface area contributed by atoms with E-state index in [4.69, 9.17) is 18.9 Å². The van der Waals surface area contributed by atoms with Crippen LogP contribution in [0.2, 0.25) is 0 Å². The minimum atomic E-state index is -4.47. The van der Waals surface area contributed by atoms with Crippen LogP contribution in [0.3, 0.4) is 0 Å². The molecule has 0 bridgehead atoms. The highest BCUT2D eigenvalue weighted by Crippen LogP contribution is 2.33. The van der Waals surface area contributed by atoms with Gasteiger partial charge in [0.25, 0.3) is 5.91 Å². The maximum absolute atomic E-state index is 13.3. The molecule has 9 nitrogen and oxygen atoms in total. The monoisotopic (exact) mass is 490 g/mol. The number of pyridine rings is 1. The fourth-order valence-corrected chi connectivity index (χ4v) is 4.25. The lowest BCUT2D eigenvalue weighted by molar-refractivity contribution is -0.184. The summed E-state index contributed by atoms with van der Waals surface area (Å²) in [5, 5.41) is 12.5. The highest BCUT2D eigenvalue weighted by atomic mass is 19.4. The number of hydrogen-bond donors (Lipinski definition) is 2. The summed E-state index contributed by atoms with van der Waals surface area (Å²) < 4.78 is 61.7. The second-order valence-electron chi connectivity index (χ2n) is 8.50. The Morgan fingerprint density at radius 3 is 2.65 bits per heavy atom. The Bertz CT molecular complexity index is 861. The number of cyclic esters (lactones) is 1. The van der Waals surface area contributed by atoms with Crippen LogP contribution in [0.15, 0.2) is 12.3 Å². The van der Waals surface area contributed by atoms with Gasteiger partial charge in [-0.15, -0.1) is 0 Å². The van der Waals surface area contributed by atoms with Gasteiger partial charge in [-0.05, 0) is 19.8 Å². The maximum atomic E-state index is 13.3. The second-order valence-corrected chi connectivity index (χ2v) is 8.50. The number of rotatable bonds is 6. The molecule has 2 N–H and O–H groups in total. The minimum absolute atomic E-state index is 0.00367. The number of hydrogen-bond acceptors (Lipinski definition) is 8. The van der Waals surface area contributed by atoms with Crippen LogP contribution in [0.5, 0.6) is 11.5 Å². The van der Waals surface area contributed by atoms with Crippen molar-refractivity contribution >= 4 is 11.9 Å². The second kappa shape index (κ2) is 11.2. The molecule has 190 valence electrons. The summed E-state index contributed by atoms with van der Waals surface area (Å²) >= 11 is 0. The first-order chi connectivity index (χ1) is 16.1. The first kappa shape index (κ1) is 26.0. The van der Waals surface area contributed by atoms with E-state index >= 15 is 0 Å². The van der Waals surface area contributed by atoms with E-state index in [1.165, 1.54) is 26.3 Å². The Hall–Kier alpha value is -2.60. The van der Waals surface area contributed by atoms with Crippen LogP contribution in [0.1, 0.15) is 49.5 Å². The van der Waals surface area contributed by atoms with Crippen LogP contribution in [-0.4, -0.2) is 72.8 Å². The SMILES string of the molecule is COc1ccnc(C(=O)NC2COCC(CC(F)(F)F)C(OC3CCCC3)C(C)OC2=O)c1O. The van der Waals surface area contributed by atoms with Crippen molar-refractivity contribution in [3.05, 3.63) is 18.0 Å². The number of nitrogens with one attached hydrogen (secondary N) is 1.